The second-order valence-corrected chi connectivity index (χ2v) is 8.56. The number of likely N-dealkylation sites (N-methyl/N-ethyl adjacent to an activating group) is 1. The Labute approximate surface area is 177 Å². The number of nitrogens with zero attached hydrogens (tertiary/aromatic N) is 8. The Balaban J connectivity index is 1.45. The highest BCUT2D eigenvalue weighted by atomic mass is 32.2. The number of aromatic nitrogens is 4. The third kappa shape index (κ3) is 4.72. The van der Waals surface area contributed by atoms with Gasteiger partial charge in [-0.15, -0.1) is 0 Å². The maximum atomic E-state index is 4.92. The van der Waals surface area contributed by atoms with Gasteiger partial charge < -0.3 is 19.6 Å². The van der Waals surface area contributed by atoms with Crippen molar-refractivity contribution in [1.82, 2.24) is 24.8 Å². The van der Waals surface area contributed by atoms with E-state index in [0.29, 0.717) is 0 Å². The molecule has 0 atom stereocenters. The minimum Gasteiger partial charge on any atom is -0.354 e. The van der Waals surface area contributed by atoms with Gasteiger partial charge in [-0.05, 0) is 27.2 Å². The van der Waals surface area contributed by atoms with Crippen LogP contribution in [0.1, 0.15) is 11.4 Å². The van der Waals surface area contributed by atoms with Crippen molar-refractivity contribution in [1.29, 1.82) is 0 Å². The van der Waals surface area contributed by atoms with Gasteiger partial charge in [0.15, 0.2) is 5.16 Å². The third-order valence-electron chi connectivity index (χ3n) is 5.55. The van der Waals surface area contributed by atoms with E-state index < -0.39 is 0 Å². The van der Waals surface area contributed by atoms with Gasteiger partial charge in [0.2, 0.25) is 5.95 Å². The van der Waals surface area contributed by atoms with E-state index in [9.17, 15) is 0 Å². The topological polar surface area (TPSA) is 64.5 Å². The summed E-state index contributed by atoms with van der Waals surface area (Å²) in [7, 11) is 2.18. The van der Waals surface area contributed by atoms with Gasteiger partial charge in [0, 0.05) is 75.9 Å². The standard InChI is InChI=1S/C20H30N8S/c1-15-13-17(26-7-5-25(3)6-8-26)23-19(21-15)28-11-9-27(10-12-28)18-14-16(2)22-20(24-18)29-4/h13-14H,5-12H2,1-4H3. The SMILES string of the molecule is CSc1nc(C)cc(N2CCN(c3nc(C)cc(N4CCN(C)CC4)n3)CC2)n1. The maximum Gasteiger partial charge on any atom is 0.227 e. The molecule has 2 aliphatic rings. The fraction of sp³-hybridized carbons (Fsp3) is 0.600. The van der Waals surface area contributed by atoms with Crippen LogP contribution in [0.5, 0.6) is 0 Å². The molecular formula is C20H30N8S. The Hall–Kier alpha value is -2.13. The molecule has 0 amide bonds. The smallest absolute Gasteiger partial charge is 0.227 e. The molecule has 0 aliphatic carbocycles. The maximum absolute atomic E-state index is 4.92. The molecule has 2 aromatic heterocycles. The van der Waals surface area contributed by atoms with E-state index in [1.165, 1.54) is 0 Å². The highest BCUT2D eigenvalue weighted by Gasteiger charge is 2.23. The molecule has 0 bridgehead atoms. The quantitative estimate of drug-likeness (QED) is 0.549. The van der Waals surface area contributed by atoms with E-state index in [1.54, 1.807) is 11.8 Å². The highest BCUT2D eigenvalue weighted by Crippen LogP contribution is 2.22. The van der Waals surface area contributed by atoms with Crippen LogP contribution in [-0.2, 0) is 0 Å². The number of piperazine rings is 2. The van der Waals surface area contributed by atoms with Gasteiger partial charge in [-0.2, -0.15) is 4.98 Å². The van der Waals surface area contributed by atoms with E-state index in [0.717, 1.165) is 86.5 Å². The van der Waals surface area contributed by atoms with E-state index in [1.807, 2.05) is 13.2 Å². The molecule has 2 fully saturated rings. The number of anilines is 3. The molecule has 0 N–H and O–H groups in total. The molecule has 0 unspecified atom stereocenters. The number of aryl methyl sites for hydroxylation is 2. The van der Waals surface area contributed by atoms with Crippen molar-refractivity contribution in [3.63, 3.8) is 0 Å². The van der Waals surface area contributed by atoms with Gasteiger partial charge in [0.25, 0.3) is 0 Å². The monoisotopic (exact) mass is 414 g/mol. The zero-order chi connectivity index (χ0) is 20.4. The molecular weight excluding hydrogens is 384 g/mol. The van der Waals surface area contributed by atoms with Crippen molar-refractivity contribution < 1.29 is 0 Å². The predicted octanol–water partition coefficient (Wildman–Crippen LogP) is 1.68. The zero-order valence-corrected chi connectivity index (χ0v) is 18.6. The minimum absolute atomic E-state index is 0.835. The minimum atomic E-state index is 0.835. The van der Waals surface area contributed by atoms with Gasteiger partial charge in [-0.25, -0.2) is 15.0 Å². The van der Waals surface area contributed by atoms with E-state index in [4.69, 9.17) is 9.97 Å². The molecule has 0 spiro atoms. The normalized spacial score (nSPS) is 18.4. The molecule has 0 saturated carbocycles. The summed E-state index contributed by atoms with van der Waals surface area (Å²) in [5, 5.41) is 0.835. The number of hydrogen-bond acceptors (Lipinski definition) is 9. The van der Waals surface area contributed by atoms with E-state index in [-0.39, 0.29) is 0 Å². The van der Waals surface area contributed by atoms with Crippen LogP contribution in [0.15, 0.2) is 17.3 Å². The fourth-order valence-electron chi connectivity index (χ4n) is 3.79. The highest BCUT2D eigenvalue weighted by molar-refractivity contribution is 7.98. The number of rotatable bonds is 4. The first-order chi connectivity index (χ1) is 14.0. The van der Waals surface area contributed by atoms with Crippen LogP contribution in [0.3, 0.4) is 0 Å². The molecule has 9 heteroatoms. The molecule has 156 valence electrons. The molecule has 2 aliphatic heterocycles. The molecule has 2 saturated heterocycles. The average molecular weight is 415 g/mol. The molecule has 29 heavy (non-hydrogen) atoms. The summed E-state index contributed by atoms with van der Waals surface area (Å²) in [6.45, 7) is 11.9. The second-order valence-electron chi connectivity index (χ2n) is 7.79. The zero-order valence-electron chi connectivity index (χ0n) is 17.8. The lowest BCUT2D eigenvalue weighted by Gasteiger charge is -2.37. The predicted molar refractivity (Wildman–Crippen MR) is 119 cm³/mol. The van der Waals surface area contributed by atoms with Crippen molar-refractivity contribution in [2.75, 3.05) is 80.4 Å². The van der Waals surface area contributed by atoms with E-state index >= 15 is 0 Å². The summed E-state index contributed by atoms with van der Waals surface area (Å²) < 4.78 is 0. The molecule has 8 nitrogen and oxygen atoms in total. The van der Waals surface area contributed by atoms with Crippen LogP contribution in [-0.4, -0.2) is 90.5 Å². The summed E-state index contributed by atoms with van der Waals surface area (Å²) in [5.74, 6) is 2.92. The second kappa shape index (κ2) is 8.71. The Bertz CT molecular complexity index is 844. The summed E-state index contributed by atoms with van der Waals surface area (Å²) in [6, 6.07) is 4.18. The lowest BCUT2D eigenvalue weighted by molar-refractivity contribution is 0.312. The fourth-order valence-corrected chi connectivity index (χ4v) is 4.21. The van der Waals surface area contributed by atoms with Gasteiger partial charge in [-0.3, -0.25) is 0 Å². The van der Waals surface area contributed by atoms with Crippen LogP contribution in [0.4, 0.5) is 17.6 Å². The van der Waals surface area contributed by atoms with E-state index in [2.05, 4.69) is 55.7 Å². The first-order valence-corrected chi connectivity index (χ1v) is 11.4. The first kappa shape index (κ1) is 20.2. The average Bonchev–Trinajstić information content (AvgIpc) is 2.73. The van der Waals surface area contributed by atoms with Crippen LogP contribution < -0.4 is 14.7 Å². The van der Waals surface area contributed by atoms with Crippen molar-refractivity contribution in [2.24, 2.45) is 0 Å². The van der Waals surface area contributed by atoms with Crippen molar-refractivity contribution in [3.8, 4) is 0 Å². The molecule has 2 aromatic rings. The third-order valence-corrected chi connectivity index (χ3v) is 6.09. The molecule has 4 rings (SSSR count). The lowest BCUT2D eigenvalue weighted by atomic mass is 10.3. The molecule has 0 aromatic carbocycles. The Morgan fingerprint density at radius 3 is 1.83 bits per heavy atom. The van der Waals surface area contributed by atoms with Crippen molar-refractivity contribution in [2.45, 2.75) is 19.0 Å². The lowest BCUT2D eigenvalue weighted by Crippen LogP contribution is -2.48. The van der Waals surface area contributed by atoms with Gasteiger partial charge in [0.05, 0.1) is 0 Å². The number of thioether (sulfide) groups is 1. The van der Waals surface area contributed by atoms with Crippen molar-refractivity contribution >= 4 is 29.3 Å². The summed E-state index contributed by atoms with van der Waals surface area (Å²) in [6.07, 6.45) is 2.02. The Kier molecular flexibility index (Phi) is 6.05. The molecule has 4 heterocycles. The Morgan fingerprint density at radius 1 is 0.690 bits per heavy atom. The van der Waals surface area contributed by atoms with Crippen LogP contribution >= 0.6 is 11.8 Å². The van der Waals surface area contributed by atoms with Gasteiger partial charge in [0.1, 0.15) is 11.6 Å². The van der Waals surface area contributed by atoms with Gasteiger partial charge in [-0.1, -0.05) is 11.8 Å². The number of hydrogen-bond donors (Lipinski definition) is 0. The first-order valence-electron chi connectivity index (χ1n) is 10.2. The van der Waals surface area contributed by atoms with Gasteiger partial charge >= 0.3 is 0 Å². The van der Waals surface area contributed by atoms with Crippen LogP contribution in [0.25, 0.3) is 0 Å². The summed E-state index contributed by atoms with van der Waals surface area (Å²) in [4.78, 5) is 28.2. The summed E-state index contributed by atoms with van der Waals surface area (Å²) >= 11 is 1.59. The van der Waals surface area contributed by atoms with Crippen LogP contribution in [0, 0.1) is 13.8 Å². The largest absolute Gasteiger partial charge is 0.354 e. The van der Waals surface area contributed by atoms with Crippen LogP contribution in [0.2, 0.25) is 0 Å². The molecule has 0 radical (unpaired) electrons. The Morgan fingerprint density at radius 2 is 1.21 bits per heavy atom. The van der Waals surface area contributed by atoms with Crippen molar-refractivity contribution in [3.05, 3.63) is 23.5 Å². The summed E-state index contributed by atoms with van der Waals surface area (Å²) in [5.41, 5.74) is 2.04.